The first kappa shape index (κ1) is 30.1. The molecule has 1 rings (SSSR count). The van der Waals surface area contributed by atoms with Crippen LogP contribution in [0.4, 0.5) is 0 Å². The summed E-state index contributed by atoms with van der Waals surface area (Å²) in [5.41, 5.74) is 1.85. The summed E-state index contributed by atoms with van der Waals surface area (Å²) in [4.78, 5) is 0.0993. The van der Waals surface area contributed by atoms with Crippen molar-refractivity contribution in [2.75, 3.05) is 0 Å². The molecule has 0 aliphatic heterocycles. The third-order valence-electron chi connectivity index (χ3n) is 5.92. The van der Waals surface area contributed by atoms with E-state index < -0.39 is 10.1 Å². The van der Waals surface area contributed by atoms with Crippen molar-refractivity contribution in [1.29, 1.82) is 0 Å². The van der Waals surface area contributed by atoms with E-state index in [4.69, 9.17) is 0 Å². The van der Waals surface area contributed by atoms with Gasteiger partial charge in [0.25, 0.3) is 10.1 Å². The zero-order valence-electron chi connectivity index (χ0n) is 20.9. The molecule has 0 bridgehead atoms. The van der Waals surface area contributed by atoms with Crippen molar-refractivity contribution < 1.29 is 44.0 Å². The van der Waals surface area contributed by atoms with E-state index in [2.05, 4.69) is 6.92 Å². The van der Waals surface area contributed by atoms with Gasteiger partial charge in [-0.15, -0.1) is 0 Å². The van der Waals surface area contributed by atoms with Gasteiger partial charge in [0, 0.05) is 0 Å². The second kappa shape index (κ2) is 18.7. The molecule has 0 atom stereocenters. The quantitative estimate of drug-likeness (QED) is 0.195. The number of hydrogen-bond acceptors (Lipinski definition) is 2. The van der Waals surface area contributed by atoms with Gasteiger partial charge in [0.05, 0.1) is 4.90 Å². The fourth-order valence-corrected chi connectivity index (χ4v) is 4.94. The van der Waals surface area contributed by atoms with Gasteiger partial charge < -0.3 is 1.43 Å². The monoisotopic (exact) mass is 448 g/mol. The summed E-state index contributed by atoms with van der Waals surface area (Å²) in [5, 5.41) is 0. The van der Waals surface area contributed by atoms with E-state index in [9.17, 15) is 13.0 Å². The van der Waals surface area contributed by atoms with Gasteiger partial charge in [0.1, 0.15) is 0 Å². The van der Waals surface area contributed by atoms with Gasteiger partial charge in [-0.1, -0.05) is 116 Å². The van der Waals surface area contributed by atoms with Gasteiger partial charge in [-0.2, -0.15) is 8.42 Å². The molecular formula is C25H45NaO3S. The summed E-state index contributed by atoms with van der Waals surface area (Å²) >= 11 is 0. The molecule has 0 unspecified atom stereocenters. The van der Waals surface area contributed by atoms with E-state index >= 15 is 0 Å². The summed E-state index contributed by atoms with van der Waals surface area (Å²) < 4.78 is 32.8. The Hall–Kier alpha value is 0.130. The van der Waals surface area contributed by atoms with Crippen LogP contribution in [0.25, 0.3) is 0 Å². The first-order valence-electron chi connectivity index (χ1n) is 12.1. The second-order valence-electron chi connectivity index (χ2n) is 8.42. The molecule has 3 nitrogen and oxygen atoms in total. The molecule has 0 fully saturated rings. The molecule has 1 aromatic carbocycles. The largest absolute Gasteiger partial charge is 1.00 e. The van der Waals surface area contributed by atoms with Crippen molar-refractivity contribution in [1.82, 2.24) is 0 Å². The zero-order chi connectivity index (χ0) is 21.4. The molecule has 0 saturated carbocycles. The van der Waals surface area contributed by atoms with Crippen LogP contribution in [-0.2, 0) is 23.0 Å². The number of aryl methyl sites for hydroxylation is 1. The SMILES string of the molecule is CCCCCCCCCCCCCCCCCc1c(CC)cccc1S(=O)(=O)O.[H-].[Na+]. The number of rotatable bonds is 18. The van der Waals surface area contributed by atoms with Crippen LogP contribution in [-0.4, -0.2) is 13.0 Å². The van der Waals surface area contributed by atoms with E-state index in [1.165, 1.54) is 89.5 Å². The molecule has 0 heterocycles. The summed E-state index contributed by atoms with van der Waals surface area (Å²) in [6.45, 7) is 4.30. The molecule has 5 heteroatoms. The molecule has 0 aromatic heterocycles. The van der Waals surface area contributed by atoms with Crippen molar-refractivity contribution in [3.63, 3.8) is 0 Å². The molecule has 1 N–H and O–H groups in total. The van der Waals surface area contributed by atoms with Crippen molar-refractivity contribution in [2.45, 2.75) is 128 Å². The standard InChI is InChI=1S/C25H44O3S.Na.H/c1-3-5-6-7-8-9-10-11-12-13-14-15-16-17-18-21-24-23(4-2)20-19-22-25(24)29(26,27)28;;/h19-20,22H,3-18,21H2,1-2H3,(H,26,27,28);;/q;+1;-1. The van der Waals surface area contributed by atoms with Crippen LogP contribution in [0.3, 0.4) is 0 Å². The molecule has 170 valence electrons. The van der Waals surface area contributed by atoms with E-state index in [1.54, 1.807) is 6.07 Å². The summed E-state index contributed by atoms with van der Waals surface area (Å²) in [5.74, 6) is 0. The fraction of sp³-hybridized carbons (Fsp3) is 0.760. The fourth-order valence-electron chi connectivity index (χ4n) is 4.14. The minimum Gasteiger partial charge on any atom is -1.00 e. The maximum Gasteiger partial charge on any atom is 1.00 e. The van der Waals surface area contributed by atoms with Crippen LogP contribution in [0.15, 0.2) is 23.1 Å². The van der Waals surface area contributed by atoms with Crippen LogP contribution in [0.1, 0.15) is 123 Å². The minimum atomic E-state index is -4.14. The maximum absolute atomic E-state index is 11.6. The Balaban J connectivity index is 0. The summed E-state index contributed by atoms with van der Waals surface area (Å²) in [6.07, 6.45) is 21.3. The Morgan fingerprint density at radius 3 is 1.57 bits per heavy atom. The van der Waals surface area contributed by atoms with Crippen molar-refractivity contribution in [3.05, 3.63) is 29.3 Å². The molecule has 0 aliphatic rings. The minimum absolute atomic E-state index is 0. The molecule has 0 amide bonds. The third-order valence-corrected chi connectivity index (χ3v) is 6.86. The molecular weight excluding hydrogens is 403 g/mol. The Kier molecular flexibility index (Phi) is 18.8. The molecule has 0 saturated heterocycles. The van der Waals surface area contributed by atoms with Crippen molar-refractivity contribution >= 4 is 10.1 Å². The third kappa shape index (κ3) is 13.5. The van der Waals surface area contributed by atoms with E-state index in [-0.39, 0.29) is 35.9 Å². The molecule has 1 aromatic rings. The van der Waals surface area contributed by atoms with Crippen LogP contribution in [0, 0.1) is 0 Å². The van der Waals surface area contributed by atoms with Crippen LogP contribution < -0.4 is 29.6 Å². The molecule has 30 heavy (non-hydrogen) atoms. The van der Waals surface area contributed by atoms with Gasteiger partial charge in [-0.25, -0.2) is 0 Å². The van der Waals surface area contributed by atoms with Crippen molar-refractivity contribution in [3.8, 4) is 0 Å². The molecule has 0 radical (unpaired) electrons. The summed E-state index contributed by atoms with van der Waals surface area (Å²) in [7, 11) is -4.14. The van der Waals surface area contributed by atoms with E-state index in [0.29, 0.717) is 0 Å². The predicted octanol–water partition coefficient (Wildman–Crippen LogP) is 5.03. The predicted molar refractivity (Wildman–Crippen MR) is 125 cm³/mol. The Morgan fingerprint density at radius 2 is 1.17 bits per heavy atom. The van der Waals surface area contributed by atoms with E-state index in [0.717, 1.165) is 36.8 Å². The zero-order valence-corrected chi connectivity index (χ0v) is 22.7. The second-order valence-corrected chi connectivity index (χ2v) is 9.81. The van der Waals surface area contributed by atoms with Gasteiger partial charge >= 0.3 is 29.6 Å². The molecule has 0 spiro atoms. The molecule has 0 aliphatic carbocycles. The van der Waals surface area contributed by atoms with Crippen molar-refractivity contribution in [2.24, 2.45) is 0 Å². The maximum atomic E-state index is 11.6. The number of benzene rings is 1. The van der Waals surface area contributed by atoms with Gasteiger partial charge in [0.2, 0.25) is 0 Å². The topological polar surface area (TPSA) is 54.4 Å². The van der Waals surface area contributed by atoms with E-state index in [1.807, 2.05) is 13.0 Å². The average Bonchev–Trinajstić information content (AvgIpc) is 2.70. The van der Waals surface area contributed by atoms with Gasteiger partial charge in [-0.05, 0) is 36.5 Å². The normalized spacial score (nSPS) is 11.4. The van der Waals surface area contributed by atoms with Gasteiger partial charge in [0.15, 0.2) is 0 Å². The first-order chi connectivity index (χ1) is 14.0. The van der Waals surface area contributed by atoms with Crippen LogP contribution >= 0.6 is 0 Å². The average molecular weight is 449 g/mol. The Bertz CT molecular complexity index is 650. The van der Waals surface area contributed by atoms with Crippen LogP contribution in [0.5, 0.6) is 0 Å². The first-order valence-corrected chi connectivity index (χ1v) is 13.5. The number of unbranched alkanes of at least 4 members (excludes halogenated alkanes) is 14. The number of hydrogen-bond donors (Lipinski definition) is 1. The van der Waals surface area contributed by atoms with Gasteiger partial charge in [-0.3, -0.25) is 4.55 Å². The Morgan fingerprint density at radius 1 is 0.733 bits per heavy atom. The Labute approximate surface area is 210 Å². The van der Waals surface area contributed by atoms with Crippen LogP contribution in [0.2, 0.25) is 0 Å². The summed E-state index contributed by atoms with van der Waals surface area (Å²) in [6, 6.07) is 5.21. The smallest absolute Gasteiger partial charge is 1.00 e.